The molecule has 3 heteroatoms. The molecule has 0 saturated heterocycles. The van der Waals surface area contributed by atoms with Gasteiger partial charge in [-0.05, 0) is 24.3 Å². The molecule has 1 aromatic rings. The monoisotopic (exact) mass is 211 g/mol. The smallest absolute Gasteiger partial charge is 0.251 e. The van der Waals surface area contributed by atoms with E-state index in [0.29, 0.717) is 5.56 Å². The van der Waals surface area contributed by atoms with Crippen LogP contribution in [0.4, 0.5) is 4.39 Å². The molecular formula is C12H18FNO. The Morgan fingerprint density at radius 3 is 2.00 bits per heavy atom. The van der Waals surface area contributed by atoms with Crippen LogP contribution in [0.2, 0.25) is 0 Å². The molecule has 1 amide bonds. The highest BCUT2D eigenvalue weighted by atomic mass is 19.1. The van der Waals surface area contributed by atoms with Crippen molar-refractivity contribution >= 4 is 5.91 Å². The zero-order chi connectivity index (χ0) is 11.7. The zero-order valence-electron chi connectivity index (χ0n) is 9.51. The number of nitrogens with one attached hydrogen (secondary N) is 1. The van der Waals surface area contributed by atoms with Crippen LogP contribution in [0.15, 0.2) is 24.3 Å². The van der Waals surface area contributed by atoms with E-state index in [9.17, 15) is 9.18 Å². The van der Waals surface area contributed by atoms with Crippen LogP contribution in [0.5, 0.6) is 0 Å². The molecule has 84 valence electrons. The molecule has 0 radical (unpaired) electrons. The van der Waals surface area contributed by atoms with E-state index in [1.54, 1.807) is 0 Å². The molecule has 0 saturated carbocycles. The van der Waals surface area contributed by atoms with Crippen LogP contribution >= 0.6 is 0 Å². The Morgan fingerprint density at radius 1 is 1.20 bits per heavy atom. The highest BCUT2D eigenvalue weighted by Crippen LogP contribution is 2.01. The molecule has 0 aliphatic carbocycles. The fourth-order valence-electron chi connectivity index (χ4n) is 0.746. The van der Waals surface area contributed by atoms with Gasteiger partial charge in [0, 0.05) is 12.6 Å². The first-order valence-electron chi connectivity index (χ1n) is 5.13. The predicted octanol–water partition coefficient (Wildman–Crippen LogP) is 2.99. The highest BCUT2D eigenvalue weighted by molar-refractivity contribution is 5.93. The summed E-state index contributed by atoms with van der Waals surface area (Å²) in [4.78, 5) is 10.9. The topological polar surface area (TPSA) is 29.1 Å². The van der Waals surface area contributed by atoms with Gasteiger partial charge in [-0.2, -0.15) is 0 Å². The summed E-state index contributed by atoms with van der Waals surface area (Å²) in [6.07, 6.45) is 2.64. The van der Waals surface area contributed by atoms with Crippen LogP contribution in [0.3, 0.4) is 0 Å². The molecule has 1 rings (SSSR count). The summed E-state index contributed by atoms with van der Waals surface area (Å²) in [7, 11) is 1.53. The van der Waals surface area contributed by atoms with E-state index in [0.717, 1.165) is 0 Å². The van der Waals surface area contributed by atoms with Crippen LogP contribution in [-0.4, -0.2) is 13.0 Å². The summed E-state index contributed by atoms with van der Waals surface area (Å²) in [6.45, 7) is 4.36. The van der Waals surface area contributed by atoms with Gasteiger partial charge in [-0.3, -0.25) is 4.79 Å². The number of rotatable bonds is 2. The van der Waals surface area contributed by atoms with Gasteiger partial charge in [0.2, 0.25) is 0 Å². The van der Waals surface area contributed by atoms with Gasteiger partial charge in [0.15, 0.2) is 0 Å². The molecule has 2 nitrogen and oxygen atoms in total. The highest BCUT2D eigenvalue weighted by Gasteiger charge is 2.00. The first-order valence-corrected chi connectivity index (χ1v) is 5.13. The van der Waals surface area contributed by atoms with Gasteiger partial charge < -0.3 is 5.32 Å². The lowest BCUT2D eigenvalue weighted by Crippen LogP contribution is -2.17. The normalized spacial score (nSPS) is 8.80. The van der Waals surface area contributed by atoms with Crippen LogP contribution in [0.25, 0.3) is 0 Å². The standard InChI is InChI=1S/C8H8FNO.C4H10/c1-10-8(11)6-2-4-7(9)5-3-6;1-3-4-2/h2-5H,1H3,(H,10,11);3-4H2,1-2H3. The van der Waals surface area contributed by atoms with E-state index < -0.39 is 0 Å². The average Bonchev–Trinajstić information content (AvgIpc) is 2.29. The number of hydrogen-bond donors (Lipinski definition) is 1. The van der Waals surface area contributed by atoms with Gasteiger partial charge in [0.05, 0.1) is 0 Å². The molecule has 0 aliphatic rings. The van der Waals surface area contributed by atoms with E-state index in [2.05, 4.69) is 19.2 Å². The third-order valence-corrected chi connectivity index (χ3v) is 1.83. The molecule has 1 N–H and O–H groups in total. The number of unbranched alkanes of at least 4 members (excludes halogenated alkanes) is 1. The maximum Gasteiger partial charge on any atom is 0.251 e. The van der Waals surface area contributed by atoms with Gasteiger partial charge in [-0.15, -0.1) is 0 Å². The molecule has 0 aromatic heterocycles. The van der Waals surface area contributed by atoms with Crippen molar-refractivity contribution in [3.05, 3.63) is 35.6 Å². The van der Waals surface area contributed by atoms with Gasteiger partial charge >= 0.3 is 0 Å². The molecular weight excluding hydrogens is 193 g/mol. The van der Waals surface area contributed by atoms with Crippen molar-refractivity contribution in [2.45, 2.75) is 26.7 Å². The fourth-order valence-corrected chi connectivity index (χ4v) is 0.746. The summed E-state index contributed by atoms with van der Waals surface area (Å²) in [5, 5.41) is 2.44. The van der Waals surface area contributed by atoms with Gasteiger partial charge in [-0.1, -0.05) is 26.7 Å². The molecule has 0 unspecified atom stereocenters. The van der Waals surface area contributed by atoms with Crippen LogP contribution in [0, 0.1) is 5.82 Å². The number of amides is 1. The van der Waals surface area contributed by atoms with Crippen molar-refractivity contribution in [1.82, 2.24) is 5.32 Å². The number of halogens is 1. The lowest BCUT2D eigenvalue weighted by Gasteiger charge is -1.97. The van der Waals surface area contributed by atoms with Crippen molar-refractivity contribution in [1.29, 1.82) is 0 Å². The minimum Gasteiger partial charge on any atom is -0.355 e. The Balaban J connectivity index is 0.000000423. The molecule has 0 atom stereocenters. The SMILES string of the molecule is CCCC.CNC(=O)c1ccc(F)cc1. The Bertz CT molecular complexity index is 280. The fraction of sp³-hybridized carbons (Fsp3) is 0.417. The molecule has 0 heterocycles. The lowest BCUT2D eigenvalue weighted by molar-refractivity contribution is 0.0963. The minimum absolute atomic E-state index is 0.204. The van der Waals surface area contributed by atoms with Crippen molar-refractivity contribution in [2.75, 3.05) is 7.05 Å². The van der Waals surface area contributed by atoms with Gasteiger partial charge in [0.1, 0.15) is 5.82 Å². The summed E-state index contributed by atoms with van der Waals surface area (Å²) in [5.41, 5.74) is 0.467. The van der Waals surface area contributed by atoms with E-state index in [1.165, 1.54) is 44.2 Å². The van der Waals surface area contributed by atoms with Crippen LogP contribution in [-0.2, 0) is 0 Å². The first-order chi connectivity index (χ1) is 7.15. The second kappa shape index (κ2) is 7.97. The minimum atomic E-state index is -0.336. The third-order valence-electron chi connectivity index (χ3n) is 1.83. The molecule has 15 heavy (non-hydrogen) atoms. The number of benzene rings is 1. The van der Waals surface area contributed by atoms with E-state index >= 15 is 0 Å². The molecule has 0 spiro atoms. The maximum absolute atomic E-state index is 12.3. The van der Waals surface area contributed by atoms with Crippen LogP contribution in [0.1, 0.15) is 37.0 Å². The lowest BCUT2D eigenvalue weighted by atomic mass is 10.2. The Labute approximate surface area is 90.5 Å². The second-order valence-electron chi connectivity index (χ2n) is 3.09. The van der Waals surface area contributed by atoms with E-state index in [4.69, 9.17) is 0 Å². The average molecular weight is 211 g/mol. The zero-order valence-corrected chi connectivity index (χ0v) is 9.51. The van der Waals surface area contributed by atoms with Gasteiger partial charge in [-0.25, -0.2) is 4.39 Å². The molecule has 0 fully saturated rings. The number of carbonyl (C=O) groups is 1. The van der Waals surface area contributed by atoms with Gasteiger partial charge in [0.25, 0.3) is 5.91 Å². The maximum atomic E-state index is 12.3. The Morgan fingerprint density at radius 2 is 1.67 bits per heavy atom. The summed E-state index contributed by atoms with van der Waals surface area (Å²) in [6, 6.07) is 5.39. The molecule has 0 aliphatic heterocycles. The summed E-state index contributed by atoms with van der Waals surface area (Å²) in [5.74, 6) is -0.539. The number of hydrogen-bond acceptors (Lipinski definition) is 1. The largest absolute Gasteiger partial charge is 0.355 e. The van der Waals surface area contributed by atoms with Crippen molar-refractivity contribution in [3.8, 4) is 0 Å². The Hall–Kier alpha value is -1.38. The Kier molecular flexibility index (Phi) is 7.24. The van der Waals surface area contributed by atoms with Crippen molar-refractivity contribution < 1.29 is 9.18 Å². The molecule has 1 aromatic carbocycles. The van der Waals surface area contributed by atoms with Crippen molar-refractivity contribution in [2.24, 2.45) is 0 Å². The first kappa shape index (κ1) is 13.6. The van der Waals surface area contributed by atoms with Crippen LogP contribution < -0.4 is 5.32 Å². The van der Waals surface area contributed by atoms with Crippen molar-refractivity contribution in [3.63, 3.8) is 0 Å². The van der Waals surface area contributed by atoms with E-state index in [-0.39, 0.29) is 11.7 Å². The summed E-state index contributed by atoms with van der Waals surface area (Å²) >= 11 is 0. The molecule has 0 bridgehead atoms. The third kappa shape index (κ3) is 5.83. The quantitative estimate of drug-likeness (QED) is 0.800. The summed E-state index contributed by atoms with van der Waals surface area (Å²) < 4.78 is 12.3. The second-order valence-corrected chi connectivity index (χ2v) is 3.09. The van der Waals surface area contributed by atoms with E-state index in [1.807, 2.05) is 0 Å². The number of carbonyl (C=O) groups excluding carboxylic acids is 1. The predicted molar refractivity (Wildman–Crippen MR) is 60.4 cm³/mol.